The van der Waals surface area contributed by atoms with E-state index in [0.717, 1.165) is 11.1 Å². The molecule has 1 unspecified atom stereocenters. The second-order valence-corrected chi connectivity index (χ2v) is 8.38. The summed E-state index contributed by atoms with van der Waals surface area (Å²) in [6.45, 7) is 3.92. The van der Waals surface area contributed by atoms with Crippen molar-refractivity contribution in [1.29, 1.82) is 0 Å². The Kier molecular flexibility index (Phi) is 7.87. The lowest BCUT2D eigenvalue weighted by Crippen LogP contribution is -2.55. The van der Waals surface area contributed by atoms with Crippen molar-refractivity contribution < 1.29 is 23.9 Å². The highest BCUT2D eigenvalue weighted by Gasteiger charge is 2.33. The van der Waals surface area contributed by atoms with Gasteiger partial charge in [0.05, 0.1) is 7.11 Å². The standard InChI is InChI=1S/C25H30N2O5/c1-16(2)13-20(25(30)31-3)27-23(28)19(14-17-9-5-4-6-10-17)26-24(29)22-15-18-11-7-8-12-21(18)32-22/h4-12,16,19-20,22H,13-15H2,1-3H3,(H,26,29)(H,27,28)/t19?,20-,22-/m0/s1. The fourth-order valence-corrected chi connectivity index (χ4v) is 3.75. The molecule has 0 saturated heterocycles. The molecule has 3 atom stereocenters. The summed E-state index contributed by atoms with van der Waals surface area (Å²) in [5.41, 5.74) is 1.85. The Hall–Kier alpha value is -3.35. The minimum Gasteiger partial charge on any atom is -0.480 e. The molecule has 1 aliphatic heterocycles. The van der Waals surface area contributed by atoms with E-state index in [1.807, 2.05) is 68.4 Å². The molecule has 7 heteroatoms. The first-order valence-electron chi connectivity index (χ1n) is 10.8. The molecule has 170 valence electrons. The molecule has 2 amide bonds. The largest absolute Gasteiger partial charge is 0.480 e. The summed E-state index contributed by atoms with van der Waals surface area (Å²) >= 11 is 0. The third-order valence-corrected chi connectivity index (χ3v) is 5.36. The lowest BCUT2D eigenvalue weighted by Gasteiger charge is -2.24. The van der Waals surface area contributed by atoms with Gasteiger partial charge >= 0.3 is 5.97 Å². The van der Waals surface area contributed by atoms with Crippen molar-refractivity contribution in [2.24, 2.45) is 5.92 Å². The summed E-state index contributed by atoms with van der Waals surface area (Å²) in [5.74, 6) is -0.456. The van der Waals surface area contributed by atoms with Crippen LogP contribution in [0.25, 0.3) is 0 Å². The van der Waals surface area contributed by atoms with Crippen LogP contribution in [-0.4, -0.2) is 43.1 Å². The van der Waals surface area contributed by atoms with Crippen molar-refractivity contribution in [3.8, 4) is 5.75 Å². The van der Waals surface area contributed by atoms with Crippen molar-refractivity contribution in [3.63, 3.8) is 0 Å². The molecule has 0 spiro atoms. The van der Waals surface area contributed by atoms with Gasteiger partial charge in [0.25, 0.3) is 5.91 Å². The number of amides is 2. The van der Waals surface area contributed by atoms with Crippen LogP contribution in [0.3, 0.4) is 0 Å². The number of carbonyl (C=O) groups is 3. The molecule has 7 nitrogen and oxygen atoms in total. The fourth-order valence-electron chi connectivity index (χ4n) is 3.75. The van der Waals surface area contributed by atoms with E-state index in [-0.39, 0.29) is 18.2 Å². The average molecular weight is 439 g/mol. The number of hydrogen-bond acceptors (Lipinski definition) is 5. The number of ether oxygens (including phenoxy) is 2. The summed E-state index contributed by atoms with van der Waals surface area (Å²) in [6.07, 6.45) is 0.462. The quantitative estimate of drug-likeness (QED) is 0.587. The van der Waals surface area contributed by atoms with Crippen molar-refractivity contribution in [2.75, 3.05) is 7.11 Å². The van der Waals surface area contributed by atoms with Crippen LogP contribution < -0.4 is 15.4 Å². The van der Waals surface area contributed by atoms with Crippen LogP contribution in [-0.2, 0) is 32.0 Å². The van der Waals surface area contributed by atoms with Crippen LogP contribution >= 0.6 is 0 Å². The SMILES string of the molecule is COC(=O)[C@H](CC(C)C)NC(=O)C(Cc1ccccc1)NC(=O)[C@@H]1Cc2ccccc2O1. The minimum atomic E-state index is -0.864. The zero-order valence-electron chi connectivity index (χ0n) is 18.7. The van der Waals surface area contributed by atoms with E-state index < -0.39 is 30.1 Å². The number of hydrogen-bond donors (Lipinski definition) is 2. The Morgan fingerprint density at radius 3 is 2.34 bits per heavy atom. The number of esters is 1. The van der Waals surface area contributed by atoms with Gasteiger partial charge in [-0.3, -0.25) is 9.59 Å². The summed E-state index contributed by atoms with van der Waals surface area (Å²) in [5, 5.41) is 5.59. The van der Waals surface area contributed by atoms with E-state index in [4.69, 9.17) is 9.47 Å². The van der Waals surface area contributed by atoms with Gasteiger partial charge in [-0.1, -0.05) is 62.4 Å². The summed E-state index contributed by atoms with van der Waals surface area (Å²) in [7, 11) is 1.29. The van der Waals surface area contributed by atoms with Crippen LogP contribution in [0, 0.1) is 5.92 Å². The maximum Gasteiger partial charge on any atom is 0.328 e. The summed E-state index contributed by atoms with van der Waals surface area (Å²) < 4.78 is 10.6. The average Bonchev–Trinajstić information content (AvgIpc) is 3.22. The summed E-state index contributed by atoms with van der Waals surface area (Å²) in [6, 6.07) is 15.3. The molecule has 1 aliphatic rings. The highest BCUT2D eigenvalue weighted by atomic mass is 16.5. The van der Waals surface area contributed by atoms with E-state index in [1.165, 1.54) is 7.11 Å². The number of carbonyl (C=O) groups excluding carboxylic acids is 3. The van der Waals surface area contributed by atoms with E-state index >= 15 is 0 Å². The second-order valence-electron chi connectivity index (χ2n) is 8.38. The summed E-state index contributed by atoms with van der Waals surface area (Å²) in [4.78, 5) is 38.3. The van der Waals surface area contributed by atoms with Crippen molar-refractivity contribution >= 4 is 17.8 Å². The van der Waals surface area contributed by atoms with Gasteiger partial charge in [0.1, 0.15) is 17.8 Å². The molecule has 2 aromatic carbocycles. The predicted molar refractivity (Wildman–Crippen MR) is 120 cm³/mol. The van der Waals surface area contributed by atoms with Crippen molar-refractivity contribution in [3.05, 3.63) is 65.7 Å². The molecule has 32 heavy (non-hydrogen) atoms. The van der Waals surface area contributed by atoms with Gasteiger partial charge in [0.2, 0.25) is 5.91 Å². The van der Waals surface area contributed by atoms with Gasteiger partial charge in [-0.05, 0) is 29.5 Å². The second kappa shape index (κ2) is 10.8. The minimum absolute atomic E-state index is 0.173. The highest BCUT2D eigenvalue weighted by molar-refractivity contribution is 5.92. The normalized spacial score (nSPS) is 16.4. The first kappa shape index (κ1) is 23.3. The Labute approximate surface area is 188 Å². The molecule has 0 radical (unpaired) electrons. The monoisotopic (exact) mass is 438 g/mol. The molecule has 2 aromatic rings. The molecular weight excluding hydrogens is 408 g/mol. The Morgan fingerprint density at radius 1 is 1.00 bits per heavy atom. The van der Waals surface area contributed by atoms with Crippen LogP contribution in [0.5, 0.6) is 5.75 Å². The molecule has 0 saturated carbocycles. The van der Waals surface area contributed by atoms with Crippen LogP contribution in [0.1, 0.15) is 31.4 Å². The highest BCUT2D eigenvalue weighted by Crippen LogP contribution is 2.28. The molecular formula is C25H30N2O5. The smallest absolute Gasteiger partial charge is 0.328 e. The van der Waals surface area contributed by atoms with Crippen molar-refractivity contribution in [2.45, 2.75) is 51.3 Å². The first-order chi connectivity index (χ1) is 15.4. The molecule has 1 heterocycles. The van der Waals surface area contributed by atoms with Gasteiger partial charge in [0, 0.05) is 12.8 Å². The van der Waals surface area contributed by atoms with Gasteiger partial charge < -0.3 is 20.1 Å². The van der Waals surface area contributed by atoms with Gasteiger partial charge in [0.15, 0.2) is 6.10 Å². The maximum atomic E-state index is 13.2. The van der Waals surface area contributed by atoms with Crippen LogP contribution in [0.4, 0.5) is 0 Å². The number of rotatable bonds is 9. The fraction of sp³-hybridized carbons (Fsp3) is 0.400. The van der Waals surface area contributed by atoms with E-state index in [0.29, 0.717) is 18.6 Å². The van der Waals surface area contributed by atoms with Gasteiger partial charge in [-0.15, -0.1) is 0 Å². The molecule has 0 bridgehead atoms. The van der Waals surface area contributed by atoms with Crippen LogP contribution in [0.2, 0.25) is 0 Å². The van der Waals surface area contributed by atoms with Crippen molar-refractivity contribution in [1.82, 2.24) is 10.6 Å². The van der Waals surface area contributed by atoms with E-state index in [9.17, 15) is 14.4 Å². The molecule has 0 fully saturated rings. The number of fused-ring (bicyclic) bond motifs is 1. The van der Waals surface area contributed by atoms with E-state index in [2.05, 4.69) is 10.6 Å². The Bertz CT molecular complexity index is 919. The number of para-hydroxylation sites is 1. The molecule has 2 N–H and O–H groups in total. The maximum absolute atomic E-state index is 13.2. The van der Waals surface area contributed by atoms with Gasteiger partial charge in [-0.25, -0.2) is 4.79 Å². The lowest BCUT2D eigenvalue weighted by atomic mass is 10.0. The third-order valence-electron chi connectivity index (χ3n) is 5.36. The molecule has 0 aliphatic carbocycles. The molecule has 0 aromatic heterocycles. The Morgan fingerprint density at radius 2 is 1.69 bits per heavy atom. The zero-order valence-corrected chi connectivity index (χ0v) is 18.7. The predicted octanol–water partition coefficient (Wildman–Crippen LogP) is 2.42. The number of benzene rings is 2. The number of methoxy groups -OCH3 is 1. The van der Waals surface area contributed by atoms with Crippen LogP contribution in [0.15, 0.2) is 54.6 Å². The number of nitrogens with one attached hydrogen (secondary N) is 2. The lowest BCUT2D eigenvalue weighted by molar-refractivity contribution is -0.146. The molecule has 3 rings (SSSR count). The van der Waals surface area contributed by atoms with E-state index in [1.54, 1.807) is 0 Å². The zero-order chi connectivity index (χ0) is 23.1. The third kappa shape index (κ3) is 6.09. The Balaban J connectivity index is 1.73. The topological polar surface area (TPSA) is 93.7 Å². The van der Waals surface area contributed by atoms with Gasteiger partial charge in [-0.2, -0.15) is 0 Å². The first-order valence-corrected chi connectivity index (χ1v) is 10.8.